The van der Waals surface area contributed by atoms with Crippen molar-refractivity contribution >= 4 is 18.3 Å². The van der Waals surface area contributed by atoms with Crippen molar-refractivity contribution in [1.29, 1.82) is 0 Å². The molecule has 0 spiro atoms. The van der Waals surface area contributed by atoms with Crippen molar-refractivity contribution in [3.63, 3.8) is 0 Å². The van der Waals surface area contributed by atoms with Crippen LogP contribution in [0.4, 0.5) is 0 Å². The largest absolute Gasteiger partial charge is 0.493 e. The Morgan fingerprint density at radius 3 is 2.71 bits per heavy atom. The number of nitrogens with zero attached hydrogens (tertiary/aromatic N) is 1. The van der Waals surface area contributed by atoms with Crippen LogP contribution in [-0.4, -0.2) is 56.7 Å². The van der Waals surface area contributed by atoms with Gasteiger partial charge in [0.2, 0.25) is 5.91 Å². The molecule has 0 unspecified atom stereocenters. The Hall–Kier alpha value is -1.30. The van der Waals surface area contributed by atoms with Gasteiger partial charge in [-0.1, -0.05) is 6.07 Å². The fraction of sp³-hybridized carbons (Fsp3) is 0.611. The second kappa shape index (κ2) is 11.3. The molecule has 0 aromatic heterocycles. The molecular formula is C18H30ClN3O2. The zero-order chi connectivity index (χ0) is 16.5. The third kappa shape index (κ3) is 7.51. The van der Waals surface area contributed by atoms with E-state index in [1.807, 2.05) is 18.2 Å². The summed E-state index contributed by atoms with van der Waals surface area (Å²) in [4.78, 5) is 14.2. The van der Waals surface area contributed by atoms with Gasteiger partial charge < -0.3 is 20.3 Å². The second-order valence-electron chi connectivity index (χ2n) is 6.14. The summed E-state index contributed by atoms with van der Waals surface area (Å²) in [6.45, 7) is 10.7. The summed E-state index contributed by atoms with van der Waals surface area (Å²) in [5.74, 6) is 0.897. The first-order valence-corrected chi connectivity index (χ1v) is 8.55. The van der Waals surface area contributed by atoms with E-state index >= 15 is 0 Å². The molecule has 0 aliphatic carbocycles. The van der Waals surface area contributed by atoms with Gasteiger partial charge in [0.1, 0.15) is 5.75 Å². The van der Waals surface area contributed by atoms with E-state index < -0.39 is 0 Å². The van der Waals surface area contributed by atoms with Crippen LogP contribution in [0.15, 0.2) is 18.2 Å². The minimum Gasteiger partial charge on any atom is -0.493 e. The maximum atomic E-state index is 11.8. The number of benzene rings is 1. The van der Waals surface area contributed by atoms with Gasteiger partial charge in [-0.15, -0.1) is 12.4 Å². The Bertz CT molecular complexity index is 505. The number of piperazine rings is 1. The first kappa shape index (κ1) is 20.7. The molecule has 6 heteroatoms. The van der Waals surface area contributed by atoms with E-state index in [2.05, 4.69) is 29.4 Å². The summed E-state index contributed by atoms with van der Waals surface area (Å²) < 4.78 is 5.64. The first-order chi connectivity index (χ1) is 11.1. The Morgan fingerprint density at radius 2 is 2.00 bits per heavy atom. The number of halogens is 1. The van der Waals surface area contributed by atoms with Gasteiger partial charge in [0.25, 0.3) is 0 Å². The third-order valence-corrected chi connectivity index (χ3v) is 4.26. The van der Waals surface area contributed by atoms with Crippen molar-refractivity contribution in [3.05, 3.63) is 29.3 Å². The summed E-state index contributed by atoms with van der Waals surface area (Å²) >= 11 is 0. The summed E-state index contributed by atoms with van der Waals surface area (Å²) in [6.07, 6.45) is 1.41. The monoisotopic (exact) mass is 355 g/mol. The molecule has 5 nitrogen and oxygen atoms in total. The number of aryl methyl sites for hydroxylation is 2. The SMILES string of the molecule is Cc1ccc(OCCC(=O)NCCCN2CCNCC2)cc1C.Cl. The van der Waals surface area contributed by atoms with Crippen LogP contribution in [0, 0.1) is 13.8 Å². The molecule has 1 aliphatic heterocycles. The maximum absolute atomic E-state index is 11.8. The van der Waals surface area contributed by atoms with Crippen molar-refractivity contribution in [3.8, 4) is 5.75 Å². The topological polar surface area (TPSA) is 53.6 Å². The van der Waals surface area contributed by atoms with E-state index in [1.54, 1.807) is 0 Å². The van der Waals surface area contributed by atoms with Crippen LogP contribution < -0.4 is 15.4 Å². The molecule has 136 valence electrons. The minimum absolute atomic E-state index is 0. The van der Waals surface area contributed by atoms with E-state index in [0.29, 0.717) is 13.0 Å². The number of hydrogen-bond acceptors (Lipinski definition) is 4. The molecule has 1 aliphatic rings. The smallest absolute Gasteiger partial charge is 0.223 e. The molecule has 1 aromatic rings. The molecule has 1 fully saturated rings. The van der Waals surface area contributed by atoms with Crippen molar-refractivity contribution in [2.45, 2.75) is 26.7 Å². The third-order valence-electron chi connectivity index (χ3n) is 4.26. The van der Waals surface area contributed by atoms with Crippen LogP contribution in [0.1, 0.15) is 24.0 Å². The molecule has 0 bridgehead atoms. The lowest BCUT2D eigenvalue weighted by molar-refractivity contribution is -0.121. The molecule has 0 saturated carbocycles. The zero-order valence-corrected chi connectivity index (χ0v) is 15.6. The van der Waals surface area contributed by atoms with Crippen molar-refractivity contribution in [2.24, 2.45) is 0 Å². The average Bonchev–Trinajstić information content (AvgIpc) is 2.56. The quantitative estimate of drug-likeness (QED) is 0.699. The Kier molecular flexibility index (Phi) is 9.76. The van der Waals surface area contributed by atoms with Crippen LogP contribution in [0.3, 0.4) is 0 Å². The number of rotatable bonds is 8. The molecule has 0 atom stereocenters. The predicted molar refractivity (Wildman–Crippen MR) is 100 cm³/mol. The van der Waals surface area contributed by atoms with Crippen molar-refractivity contribution in [2.75, 3.05) is 45.9 Å². The molecule has 2 N–H and O–H groups in total. The number of carbonyl (C=O) groups excluding carboxylic acids is 1. The number of nitrogens with one attached hydrogen (secondary N) is 2. The van der Waals surface area contributed by atoms with Crippen LogP contribution >= 0.6 is 12.4 Å². The van der Waals surface area contributed by atoms with E-state index in [-0.39, 0.29) is 18.3 Å². The predicted octanol–water partition coefficient (Wildman–Crippen LogP) is 1.91. The summed E-state index contributed by atoms with van der Waals surface area (Å²) in [5, 5.41) is 6.31. The lowest BCUT2D eigenvalue weighted by Gasteiger charge is -2.27. The second-order valence-corrected chi connectivity index (χ2v) is 6.14. The number of hydrogen-bond donors (Lipinski definition) is 2. The van der Waals surface area contributed by atoms with Gasteiger partial charge in [-0.05, 0) is 50.1 Å². The van der Waals surface area contributed by atoms with Gasteiger partial charge in [0.15, 0.2) is 0 Å². The molecule has 2 rings (SSSR count). The lowest BCUT2D eigenvalue weighted by atomic mass is 10.1. The highest BCUT2D eigenvalue weighted by molar-refractivity contribution is 5.85. The molecule has 0 radical (unpaired) electrons. The van der Waals surface area contributed by atoms with Crippen molar-refractivity contribution < 1.29 is 9.53 Å². The highest BCUT2D eigenvalue weighted by atomic mass is 35.5. The van der Waals surface area contributed by atoms with E-state index in [4.69, 9.17) is 4.74 Å². The van der Waals surface area contributed by atoms with Crippen LogP contribution in [0.2, 0.25) is 0 Å². The van der Waals surface area contributed by atoms with E-state index in [0.717, 1.165) is 51.4 Å². The highest BCUT2D eigenvalue weighted by Crippen LogP contribution is 2.16. The highest BCUT2D eigenvalue weighted by Gasteiger charge is 2.08. The van der Waals surface area contributed by atoms with Gasteiger partial charge in [-0.3, -0.25) is 4.79 Å². The summed E-state index contributed by atoms with van der Waals surface area (Å²) in [5.41, 5.74) is 2.46. The lowest BCUT2D eigenvalue weighted by Crippen LogP contribution is -2.44. The van der Waals surface area contributed by atoms with Crippen LogP contribution in [-0.2, 0) is 4.79 Å². The molecule has 1 heterocycles. The Balaban J connectivity index is 0.00000288. The average molecular weight is 356 g/mol. The standard InChI is InChI=1S/C18H29N3O2.ClH/c1-15-4-5-17(14-16(15)2)23-13-6-18(22)20-7-3-10-21-11-8-19-9-12-21;/h4-5,14,19H,3,6-13H2,1-2H3,(H,20,22);1H. The van der Waals surface area contributed by atoms with Gasteiger partial charge in [0.05, 0.1) is 13.0 Å². The fourth-order valence-corrected chi connectivity index (χ4v) is 2.62. The van der Waals surface area contributed by atoms with Crippen LogP contribution in [0.25, 0.3) is 0 Å². The van der Waals surface area contributed by atoms with Gasteiger partial charge in [0, 0.05) is 32.7 Å². The number of carbonyl (C=O) groups is 1. The fourth-order valence-electron chi connectivity index (χ4n) is 2.62. The molecule has 1 amide bonds. The van der Waals surface area contributed by atoms with Gasteiger partial charge in [-0.25, -0.2) is 0 Å². The van der Waals surface area contributed by atoms with Crippen LogP contribution in [0.5, 0.6) is 5.75 Å². The van der Waals surface area contributed by atoms with Crippen molar-refractivity contribution in [1.82, 2.24) is 15.5 Å². The Labute approximate surface area is 151 Å². The summed E-state index contributed by atoms with van der Waals surface area (Å²) in [6, 6.07) is 6.01. The van der Waals surface area contributed by atoms with E-state index in [9.17, 15) is 4.79 Å². The normalized spacial score (nSPS) is 14.8. The minimum atomic E-state index is 0. The molecular weight excluding hydrogens is 326 g/mol. The zero-order valence-electron chi connectivity index (χ0n) is 14.8. The van der Waals surface area contributed by atoms with E-state index in [1.165, 1.54) is 11.1 Å². The number of amides is 1. The molecule has 1 aromatic carbocycles. The van der Waals surface area contributed by atoms with Gasteiger partial charge in [-0.2, -0.15) is 0 Å². The summed E-state index contributed by atoms with van der Waals surface area (Å²) in [7, 11) is 0. The number of ether oxygens (including phenoxy) is 1. The molecule has 24 heavy (non-hydrogen) atoms. The maximum Gasteiger partial charge on any atom is 0.223 e. The molecule has 1 saturated heterocycles. The first-order valence-electron chi connectivity index (χ1n) is 8.55. The van der Waals surface area contributed by atoms with Gasteiger partial charge >= 0.3 is 0 Å². The Morgan fingerprint density at radius 1 is 1.25 bits per heavy atom.